The van der Waals surface area contributed by atoms with Crippen molar-refractivity contribution in [2.75, 3.05) is 0 Å². The fraction of sp³-hybridized carbons (Fsp3) is 0.231. The molecule has 0 aliphatic heterocycles. The molecular weight excluding hydrogens is 281 g/mol. The number of rotatable bonds is 2. The maximum Gasteiger partial charge on any atom is 0.215 e. The highest BCUT2D eigenvalue weighted by Gasteiger charge is 2.36. The van der Waals surface area contributed by atoms with Gasteiger partial charge in [-0.2, -0.15) is 0 Å². The molecule has 1 aliphatic rings. The summed E-state index contributed by atoms with van der Waals surface area (Å²) in [6, 6.07) is 0. The van der Waals surface area contributed by atoms with Crippen LogP contribution in [0.2, 0.25) is 0 Å². The summed E-state index contributed by atoms with van der Waals surface area (Å²) in [6.45, 7) is 0.856. The molecule has 1 atom stereocenters. The number of allylic oxidation sites excluding steroid dienone is 4. The van der Waals surface area contributed by atoms with Gasteiger partial charge in [-0.3, -0.25) is 0 Å². The Morgan fingerprint density at radius 3 is 2.05 bits per heavy atom. The minimum absolute atomic E-state index is 0.340. The van der Waals surface area contributed by atoms with Crippen molar-refractivity contribution >= 4 is 12.7 Å². The van der Waals surface area contributed by atoms with E-state index in [-0.39, 0.29) is 0 Å². The van der Waals surface area contributed by atoms with Gasteiger partial charge in [0.1, 0.15) is 11.4 Å². The van der Waals surface area contributed by atoms with Gasteiger partial charge in [-0.25, -0.2) is 26.3 Å². The van der Waals surface area contributed by atoms with E-state index in [1.54, 1.807) is 0 Å². The molecular formula is C13H8BF6. The van der Waals surface area contributed by atoms with Crippen molar-refractivity contribution in [1.29, 1.82) is 0 Å². The topological polar surface area (TPSA) is 0 Å². The van der Waals surface area contributed by atoms with Gasteiger partial charge in [-0.05, 0) is 18.5 Å². The third kappa shape index (κ3) is 2.49. The fourth-order valence-corrected chi connectivity index (χ4v) is 1.91. The minimum atomic E-state index is -2.55. The highest BCUT2D eigenvalue weighted by molar-refractivity contribution is 6.57. The zero-order valence-corrected chi connectivity index (χ0v) is 10.3. The van der Waals surface area contributed by atoms with Crippen molar-refractivity contribution in [2.24, 2.45) is 0 Å². The molecule has 0 saturated heterocycles. The van der Waals surface area contributed by atoms with Gasteiger partial charge >= 0.3 is 0 Å². The van der Waals surface area contributed by atoms with Crippen molar-refractivity contribution in [1.82, 2.24) is 0 Å². The molecule has 0 fully saturated rings. The Bertz CT molecular complexity index is 593. The minimum Gasteiger partial charge on any atom is -0.249 e. The van der Waals surface area contributed by atoms with Crippen LogP contribution in [0.3, 0.4) is 0 Å². The maximum absolute atomic E-state index is 14.2. The Morgan fingerprint density at radius 1 is 1.00 bits per heavy atom. The SMILES string of the molecule is Cc1c(F)c(F)c([B]C2(F)C=CC=C(F)C2)c(F)c1F. The number of halogens is 6. The summed E-state index contributed by atoms with van der Waals surface area (Å²) < 4.78 is 81.2. The van der Waals surface area contributed by atoms with Crippen molar-refractivity contribution in [2.45, 2.75) is 18.9 Å². The van der Waals surface area contributed by atoms with Crippen molar-refractivity contribution in [3.8, 4) is 0 Å². The Hall–Kier alpha value is -1.66. The first kappa shape index (κ1) is 14.7. The van der Waals surface area contributed by atoms with Crippen LogP contribution in [0.5, 0.6) is 0 Å². The first-order chi connectivity index (χ1) is 9.25. The van der Waals surface area contributed by atoms with E-state index in [1.807, 2.05) is 0 Å². The Kier molecular flexibility index (Phi) is 3.71. The molecule has 1 aliphatic carbocycles. The van der Waals surface area contributed by atoms with E-state index in [1.165, 1.54) is 0 Å². The quantitative estimate of drug-likeness (QED) is 0.445. The molecule has 0 aromatic heterocycles. The molecule has 2 rings (SSSR count). The molecule has 0 amide bonds. The van der Waals surface area contributed by atoms with Gasteiger partial charge < -0.3 is 0 Å². The first-order valence-electron chi connectivity index (χ1n) is 5.66. The average Bonchev–Trinajstić information content (AvgIpc) is 2.39. The summed E-state index contributed by atoms with van der Waals surface area (Å²) in [5.74, 6) is -7.46. The van der Waals surface area contributed by atoms with Crippen LogP contribution in [0, 0.1) is 30.2 Å². The van der Waals surface area contributed by atoms with Gasteiger partial charge in [0.05, 0.1) is 0 Å². The molecule has 1 aromatic rings. The normalized spacial score (nSPS) is 21.9. The molecule has 20 heavy (non-hydrogen) atoms. The van der Waals surface area contributed by atoms with E-state index < -0.39 is 52.1 Å². The molecule has 1 aromatic carbocycles. The van der Waals surface area contributed by atoms with E-state index >= 15 is 0 Å². The van der Waals surface area contributed by atoms with Crippen LogP contribution in [-0.2, 0) is 0 Å². The van der Waals surface area contributed by atoms with Crippen LogP contribution in [0.15, 0.2) is 24.1 Å². The van der Waals surface area contributed by atoms with Crippen molar-refractivity contribution in [3.05, 3.63) is 52.9 Å². The van der Waals surface area contributed by atoms with Gasteiger partial charge in [0, 0.05) is 12.0 Å². The summed E-state index contributed by atoms with van der Waals surface area (Å²) in [6.07, 6.45) is 2.06. The predicted molar refractivity (Wildman–Crippen MR) is 63.2 cm³/mol. The zero-order valence-electron chi connectivity index (χ0n) is 10.3. The Balaban J connectivity index is 2.45. The van der Waals surface area contributed by atoms with Gasteiger partial charge in [0.2, 0.25) is 7.28 Å². The average molecular weight is 289 g/mol. The first-order valence-corrected chi connectivity index (χ1v) is 5.66. The third-order valence-corrected chi connectivity index (χ3v) is 2.99. The zero-order chi connectivity index (χ0) is 15.1. The Labute approximate surface area is 112 Å². The van der Waals surface area contributed by atoms with E-state index in [4.69, 9.17) is 0 Å². The molecule has 7 heteroatoms. The van der Waals surface area contributed by atoms with Crippen LogP contribution in [0.1, 0.15) is 12.0 Å². The standard InChI is InChI=1S/C13H8BF6/c1-6-9(16)11(18)8(12(19)10(6)17)14-13(20)4-2-3-7(15)5-13/h2-4H,5H2,1H3. The maximum atomic E-state index is 14.2. The lowest BCUT2D eigenvalue weighted by atomic mass is 9.54. The number of hydrogen-bond donors (Lipinski definition) is 0. The van der Waals surface area contributed by atoms with E-state index in [0.29, 0.717) is 7.28 Å². The van der Waals surface area contributed by atoms with Gasteiger partial charge in [0.15, 0.2) is 23.3 Å². The second kappa shape index (κ2) is 5.03. The summed E-state index contributed by atoms with van der Waals surface area (Å²) in [5, 5.41) is 0. The molecule has 0 bridgehead atoms. The van der Waals surface area contributed by atoms with Gasteiger partial charge in [0.25, 0.3) is 0 Å². The van der Waals surface area contributed by atoms with Crippen molar-refractivity contribution < 1.29 is 26.3 Å². The van der Waals surface area contributed by atoms with Gasteiger partial charge in [-0.1, -0.05) is 12.2 Å². The predicted octanol–water partition coefficient (Wildman–Crippen LogP) is 3.36. The highest BCUT2D eigenvalue weighted by Crippen LogP contribution is 2.28. The van der Waals surface area contributed by atoms with Crippen LogP contribution in [0.4, 0.5) is 26.3 Å². The lowest BCUT2D eigenvalue weighted by molar-refractivity contribution is 0.315. The molecule has 0 heterocycles. The summed E-state index contributed by atoms with van der Waals surface area (Å²) in [5.41, 5.74) is -4.57. The number of hydrogen-bond acceptors (Lipinski definition) is 0. The molecule has 0 saturated carbocycles. The summed E-state index contributed by atoms with van der Waals surface area (Å²) >= 11 is 0. The largest absolute Gasteiger partial charge is 0.249 e. The summed E-state index contributed by atoms with van der Waals surface area (Å²) in [4.78, 5) is 0. The summed E-state index contributed by atoms with van der Waals surface area (Å²) in [7, 11) is 0.340. The van der Waals surface area contributed by atoms with Crippen LogP contribution in [-0.4, -0.2) is 12.8 Å². The Morgan fingerprint density at radius 2 is 1.55 bits per heavy atom. The molecule has 0 N–H and O–H groups in total. The second-order valence-electron chi connectivity index (χ2n) is 4.52. The molecule has 0 spiro atoms. The molecule has 1 unspecified atom stereocenters. The monoisotopic (exact) mass is 289 g/mol. The van der Waals surface area contributed by atoms with E-state index in [2.05, 4.69) is 0 Å². The number of alkyl halides is 1. The van der Waals surface area contributed by atoms with Gasteiger partial charge in [-0.15, -0.1) is 0 Å². The number of benzene rings is 1. The third-order valence-electron chi connectivity index (χ3n) is 2.99. The van der Waals surface area contributed by atoms with Crippen molar-refractivity contribution in [3.63, 3.8) is 0 Å². The van der Waals surface area contributed by atoms with E-state index in [0.717, 1.165) is 25.2 Å². The second-order valence-corrected chi connectivity index (χ2v) is 4.52. The van der Waals surface area contributed by atoms with Crippen LogP contribution < -0.4 is 5.46 Å². The van der Waals surface area contributed by atoms with Crippen LogP contribution >= 0.6 is 0 Å². The molecule has 1 radical (unpaired) electrons. The molecule has 0 nitrogen and oxygen atoms in total. The lowest BCUT2D eigenvalue weighted by Gasteiger charge is -2.23. The fourth-order valence-electron chi connectivity index (χ4n) is 1.91. The smallest absolute Gasteiger partial charge is 0.215 e. The van der Waals surface area contributed by atoms with E-state index in [9.17, 15) is 26.3 Å². The highest BCUT2D eigenvalue weighted by atomic mass is 19.2. The lowest BCUT2D eigenvalue weighted by Crippen LogP contribution is -2.42. The molecule has 105 valence electrons. The van der Waals surface area contributed by atoms with Crippen LogP contribution in [0.25, 0.3) is 0 Å².